The molecule has 2 unspecified atom stereocenters. The van der Waals surface area contributed by atoms with Gasteiger partial charge in [-0.05, 0) is 40.9 Å². The molecule has 0 radical (unpaired) electrons. The summed E-state index contributed by atoms with van der Waals surface area (Å²) in [6.45, 7) is 6.94. The highest BCUT2D eigenvalue weighted by Crippen LogP contribution is 2.49. The predicted molar refractivity (Wildman–Crippen MR) is 131 cm³/mol. The lowest BCUT2D eigenvalue weighted by molar-refractivity contribution is 0.0494. The summed E-state index contributed by atoms with van der Waals surface area (Å²) < 4.78 is 11.5. The summed E-state index contributed by atoms with van der Waals surface area (Å²) in [5.74, 6) is 0.921. The van der Waals surface area contributed by atoms with Crippen LogP contribution in [0.2, 0.25) is 0 Å². The van der Waals surface area contributed by atoms with E-state index in [0.29, 0.717) is 8.58 Å². The van der Waals surface area contributed by atoms with Crippen LogP contribution in [0.1, 0.15) is 48.1 Å². The summed E-state index contributed by atoms with van der Waals surface area (Å²) in [5, 5.41) is 11.1. The summed E-state index contributed by atoms with van der Waals surface area (Å²) >= 11 is 0. The van der Waals surface area contributed by atoms with Crippen molar-refractivity contribution in [2.75, 3.05) is 13.9 Å². The molecule has 0 saturated carbocycles. The first-order valence-corrected chi connectivity index (χ1v) is 11.8. The van der Waals surface area contributed by atoms with Crippen molar-refractivity contribution in [3.8, 4) is 5.75 Å². The van der Waals surface area contributed by atoms with Crippen molar-refractivity contribution in [3.63, 3.8) is 0 Å². The molecular formula is C27H33O3P. The third-order valence-electron chi connectivity index (χ3n) is 5.89. The summed E-state index contributed by atoms with van der Waals surface area (Å²) in [7, 11) is 2.17. The Hall–Kier alpha value is -2.19. The Morgan fingerprint density at radius 1 is 0.935 bits per heavy atom. The average molecular weight is 437 g/mol. The van der Waals surface area contributed by atoms with E-state index in [2.05, 4.69) is 69.3 Å². The molecule has 2 atom stereocenters. The van der Waals surface area contributed by atoms with Gasteiger partial charge in [0.25, 0.3) is 0 Å². The third-order valence-corrected chi connectivity index (χ3v) is 8.03. The van der Waals surface area contributed by atoms with Crippen molar-refractivity contribution in [1.29, 1.82) is 0 Å². The highest BCUT2D eigenvalue weighted by molar-refractivity contribution is 7.48. The fourth-order valence-corrected chi connectivity index (χ4v) is 5.59. The molecule has 31 heavy (non-hydrogen) atoms. The van der Waals surface area contributed by atoms with Crippen LogP contribution in [-0.2, 0) is 22.9 Å². The molecule has 0 saturated heterocycles. The van der Waals surface area contributed by atoms with Crippen LogP contribution in [0.3, 0.4) is 0 Å². The van der Waals surface area contributed by atoms with Gasteiger partial charge < -0.3 is 14.6 Å². The Bertz CT molecular complexity index is 987. The molecule has 0 spiro atoms. The topological polar surface area (TPSA) is 38.7 Å². The van der Waals surface area contributed by atoms with Crippen molar-refractivity contribution in [1.82, 2.24) is 0 Å². The number of aryl methyl sites for hydroxylation is 1. The Morgan fingerprint density at radius 2 is 1.65 bits per heavy atom. The third kappa shape index (κ3) is 5.54. The zero-order chi connectivity index (χ0) is 22.3. The first kappa shape index (κ1) is 23.5. The Morgan fingerprint density at radius 3 is 2.32 bits per heavy atom. The first-order chi connectivity index (χ1) is 15.0. The van der Waals surface area contributed by atoms with E-state index in [0.717, 1.165) is 29.7 Å². The molecule has 3 aromatic carbocycles. The molecule has 3 rings (SSSR count). The lowest BCUT2D eigenvalue weighted by Gasteiger charge is -2.33. The highest BCUT2D eigenvalue weighted by atomic mass is 31.1. The molecule has 0 amide bonds. The summed E-state index contributed by atoms with van der Waals surface area (Å²) in [5.41, 5.74) is 5.86. The summed E-state index contributed by atoms with van der Waals surface area (Å²) in [6, 6.07) is 23.1. The average Bonchev–Trinajstić information content (AvgIpc) is 2.80. The Balaban J connectivity index is 2.07. The maximum Gasteiger partial charge on any atom is 0.188 e. The number of hydrogen-bond donors (Lipinski definition) is 1. The van der Waals surface area contributed by atoms with Crippen molar-refractivity contribution < 1.29 is 14.6 Å². The second-order valence-electron chi connectivity index (χ2n) is 8.08. The van der Waals surface area contributed by atoms with E-state index in [4.69, 9.17) is 9.47 Å². The van der Waals surface area contributed by atoms with Gasteiger partial charge in [-0.2, -0.15) is 0 Å². The molecule has 0 aliphatic heterocycles. The second-order valence-corrected chi connectivity index (χ2v) is 9.94. The van der Waals surface area contributed by atoms with Crippen LogP contribution in [-0.4, -0.2) is 19.0 Å². The molecule has 0 aliphatic carbocycles. The van der Waals surface area contributed by atoms with Gasteiger partial charge in [-0.3, -0.25) is 0 Å². The summed E-state index contributed by atoms with van der Waals surface area (Å²) in [4.78, 5) is 0. The van der Waals surface area contributed by atoms with Crippen molar-refractivity contribution in [2.45, 2.75) is 45.4 Å². The number of aliphatic hydroxyl groups excluding tert-OH is 1. The molecule has 0 heterocycles. The Kier molecular flexibility index (Phi) is 8.26. The van der Waals surface area contributed by atoms with Gasteiger partial charge in [0.05, 0.1) is 6.61 Å². The van der Waals surface area contributed by atoms with Gasteiger partial charge in [0.15, 0.2) is 6.79 Å². The maximum absolute atomic E-state index is 9.93. The molecule has 0 aliphatic rings. The van der Waals surface area contributed by atoms with E-state index in [1.54, 1.807) is 7.11 Å². The van der Waals surface area contributed by atoms with Gasteiger partial charge >= 0.3 is 0 Å². The molecule has 0 aromatic heterocycles. The molecule has 164 valence electrons. The standard InChI is InChI=1S/C27H33O3P/c1-5-27(3,31-26-20(2)11-9-15-23(26)18-28)24-16-10-14-22(25(24)30-19-29-4)17-21-12-7-6-8-13-21/h6-16,28,31H,5,17-19H2,1-4H3. The monoisotopic (exact) mass is 436 g/mol. The molecule has 3 aromatic rings. The van der Waals surface area contributed by atoms with Crippen LogP contribution < -0.4 is 10.0 Å². The first-order valence-electron chi connectivity index (χ1n) is 10.8. The fraction of sp³-hybridized carbons (Fsp3) is 0.333. The zero-order valence-corrected chi connectivity index (χ0v) is 19.9. The van der Waals surface area contributed by atoms with Crippen LogP contribution in [0.25, 0.3) is 0 Å². The van der Waals surface area contributed by atoms with Gasteiger partial charge in [-0.25, -0.2) is 0 Å². The second kappa shape index (κ2) is 10.9. The number of benzene rings is 3. The van der Waals surface area contributed by atoms with Crippen LogP contribution in [0.15, 0.2) is 66.7 Å². The number of hydrogen-bond acceptors (Lipinski definition) is 3. The van der Waals surface area contributed by atoms with Crippen molar-refractivity contribution >= 4 is 13.9 Å². The molecule has 0 bridgehead atoms. The van der Waals surface area contributed by atoms with Crippen LogP contribution in [0.4, 0.5) is 0 Å². The number of methoxy groups -OCH3 is 1. The Labute approximate surface area is 188 Å². The predicted octanol–water partition coefficient (Wildman–Crippen LogP) is 5.69. The number of para-hydroxylation sites is 1. The van der Waals surface area contributed by atoms with E-state index in [1.807, 2.05) is 18.2 Å². The number of rotatable bonds is 10. The normalized spacial score (nSPS) is 13.5. The van der Waals surface area contributed by atoms with E-state index in [9.17, 15) is 5.11 Å². The minimum absolute atomic E-state index is 0.0604. The van der Waals surface area contributed by atoms with E-state index in [-0.39, 0.29) is 18.6 Å². The largest absolute Gasteiger partial charge is 0.467 e. The summed E-state index contributed by atoms with van der Waals surface area (Å²) in [6.07, 6.45) is 1.77. The maximum atomic E-state index is 9.93. The fourth-order valence-electron chi connectivity index (χ4n) is 3.92. The van der Waals surface area contributed by atoms with Gasteiger partial charge in [0.2, 0.25) is 0 Å². The van der Waals surface area contributed by atoms with E-state index in [1.165, 1.54) is 22.0 Å². The quantitative estimate of drug-likeness (QED) is 0.328. The van der Waals surface area contributed by atoms with E-state index < -0.39 is 0 Å². The van der Waals surface area contributed by atoms with Crippen LogP contribution in [0.5, 0.6) is 5.75 Å². The lowest BCUT2D eigenvalue weighted by Crippen LogP contribution is -2.23. The number of ether oxygens (including phenoxy) is 2. The van der Waals surface area contributed by atoms with E-state index >= 15 is 0 Å². The van der Waals surface area contributed by atoms with Gasteiger partial charge in [0, 0.05) is 24.3 Å². The highest BCUT2D eigenvalue weighted by Gasteiger charge is 2.31. The van der Waals surface area contributed by atoms with Crippen molar-refractivity contribution in [3.05, 3.63) is 94.5 Å². The molecule has 4 heteroatoms. The smallest absolute Gasteiger partial charge is 0.188 e. The molecule has 3 nitrogen and oxygen atoms in total. The van der Waals surface area contributed by atoms with Gasteiger partial charge in [-0.1, -0.05) is 89.2 Å². The minimum Gasteiger partial charge on any atom is -0.467 e. The molecular weight excluding hydrogens is 403 g/mol. The SMILES string of the molecule is CCC(C)(Pc1c(C)cccc1CO)c1cccc(Cc2ccccc2)c1OCOC. The number of aliphatic hydroxyl groups is 1. The lowest BCUT2D eigenvalue weighted by atomic mass is 9.92. The van der Waals surface area contributed by atoms with Crippen LogP contribution in [0, 0.1) is 6.92 Å². The van der Waals surface area contributed by atoms with Crippen molar-refractivity contribution in [2.24, 2.45) is 0 Å². The van der Waals surface area contributed by atoms with Gasteiger partial charge in [0.1, 0.15) is 5.75 Å². The molecule has 0 fully saturated rings. The minimum atomic E-state index is -0.119. The van der Waals surface area contributed by atoms with Gasteiger partial charge in [-0.15, -0.1) is 0 Å². The molecule has 1 N–H and O–H groups in total. The van der Waals surface area contributed by atoms with Crippen LogP contribution >= 0.6 is 8.58 Å². The zero-order valence-electron chi connectivity index (χ0n) is 18.9.